The Morgan fingerprint density at radius 3 is 2.58 bits per heavy atom. The second-order valence-corrected chi connectivity index (χ2v) is 8.14. The first-order valence-corrected chi connectivity index (χ1v) is 11.1. The third-order valence-corrected chi connectivity index (χ3v) is 5.61. The number of hydrogen-bond acceptors (Lipinski definition) is 7. The molecule has 2 aromatic carbocycles. The van der Waals surface area contributed by atoms with E-state index in [1.165, 1.54) is 24.0 Å². The Labute approximate surface area is 192 Å². The van der Waals surface area contributed by atoms with Gasteiger partial charge in [0.05, 0.1) is 11.6 Å². The normalized spacial score (nSPS) is 13.6. The fourth-order valence-corrected chi connectivity index (χ4v) is 3.84. The molecule has 1 unspecified atom stereocenters. The van der Waals surface area contributed by atoms with Crippen LogP contribution in [-0.4, -0.2) is 28.6 Å². The van der Waals surface area contributed by atoms with Crippen molar-refractivity contribution in [3.63, 3.8) is 0 Å². The molecule has 0 radical (unpaired) electrons. The Balaban J connectivity index is 1.23. The third-order valence-electron chi connectivity index (χ3n) is 5.61. The maximum absolute atomic E-state index is 12.3. The summed E-state index contributed by atoms with van der Waals surface area (Å²) in [6.45, 7) is 3.44. The van der Waals surface area contributed by atoms with Gasteiger partial charge in [-0.25, -0.2) is 4.79 Å². The molecule has 8 heteroatoms. The lowest BCUT2D eigenvalue weighted by molar-refractivity contribution is -0.124. The molecule has 172 valence electrons. The minimum absolute atomic E-state index is 0.156. The molecule has 4 rings (SSSR count). The summed E-state index contributed by atoms with van der Waals surface area (Å²) >= 11 is 0. The van der Waals surface area contributed by atoms with Crippen molar-refractivity contribution in [2.75, 3.05) is 6.61 Å². The number of ether oxygens (including phenoxy) is 2. The highest BCUT2D eigenvalue weighted by molar-refractivity contribution is 5.91. The van der Waals surface area contributed by atoms with E-state index in [1.54, 1.807) is 31.2 Å². The average Bonchev–Trinajstić information content (AvgIpc) is 3.26. The third kappa shape index (κ3) is 5.97. The number of carbonyl (C=O) groups is 2. The van der Waals surface area contributed by atoms with Crippen molar-refractivity contribution >= 4 is 11.9 Å². The van der Waals surface area contributed by atoms with Crippen LogP contribution in [-0.2, 0) is 29.0 Å². The van der Waals surface area contributed by atoms with E-state index in [-0.39, 0.29) is 25.2 Å². The van der Waals surface area contributed by atoms with E-state index in [0.29, 0.717) is 23.0 Å². The van der Waals surface area contributed by atoms with Crippen molar-refractivity contribution in [2.24, 2.45) is 0 Å². The van der Waals surface area contributed by atoms with E-state index in [9.17, 15) is 9.59 Å². The van der Waals surface area contributed by atoms with Gasteiger partial charge in [0.2, 0.25) is 11.7 Å². The molecule has 0 saturated heterocycles. The number of esters is 1. The van der Waals surface area contributed by atoms with E-state index in [2.05, 4.69) is 33.7 Å². The van der Waals surface area contributed by atoms with E-state index >= 15 is 0 Å². The molecule has 0 aliphatic heterocycles. The molecule has 1 atom stereocenters. The van der Waals surface area contributed by atoms with Gasteiger partial charge in [0.15, 0.2) is 13.2 Å². The molecular weight excluding hydrogens is 422 g/mol. The minimum atomic E-state index is -0.577. The molecule has 0 fully saturated rings. The Kier molecular flexibility index (Phi) is 7.02. The van der Waals surface area contributed by atoms with Gasteiger partial charge < -0.3 is 19.3 Å². The van der Waals surface area contributed by atoms with Gasteiger partial charge in [-0.2, -0.15) is 4.98 Å². The summed E-state index contributed by atoms with van der Waals surface area (Å²) in [6, 6.07) is 12.7. The maximum atomic E-state index is 12.3. The van der Waals surface area contributed by atoms with Crippen LogP contribution in [0.5, 0.6) is 5.75 Å². The van der Waals surface area contributed by atoms with Crippen molar-refractivity contribution in [2.45, 2.75) is 52.2 Å². The number of benzene rings is 2. The zero-order valence-corrected chi connectivity index (χ0v) is 18.8. The predicted molar refractivity (Wildman–Crippen MR) is 120 cm³/mol. The summed E-state index contributed by atoms with van der Waals surface area (Å²) in [7, 11) is 0. The molecule has 1 aliphatic rings. The van der Waals surface area contributed by atoms with Gasteiger partial charge in [-0.15, -0.1) is 0 Å². The molecule has 1 aliphatic carbocycles. The Morgan fingerprint density at radius 2 is 1.85 bits per heavy atom. The predicted octanol–water partition coefficient (Wildman–Crippen LogP) is 3.87. The molecule has 3 aromatic rings. The van der Waals surface area contributed by atoms with E-state index in [1.807, 2.05) is 6.92 Å². The number of fused-ring (bicyclic) bond motifs is 1. The maximum Gasteiger partial charge on any atom is 0.338 e. The van der Waals surface area contributed by atoms with E-state index < -0.39 is 5.97 Å². The fourth-order valence-electron chi connectivity index (χ4n) is 3.84. The molecule has 1 N–H and O–H groups in total. The Bertz CT molecular complexity index is 1120. The van der Waals surface area contributed by atoms with Crippen LogP contribution in [0, 0.1) is 6.92 Å². The number of hydrogen-bond donors (Lipinski definition) is 1. The van der Waals surface area contributed by atoms with Gasteiger partial charge >= 0.3 is 5.97 Å². The van der Waals surface area contributed by atoms with E-state index in [4.69, 9.17) is 14.0 Å². The molecule has 1 amide bonds. The molecular formula is C25H27N3O5. The van der Waals surface area contributed by atoms with E-state index in [0.717, 1.165) is 18.4 Å². The van der Waals surface area contributed by atoms with Crippen LogP contribution in [0.25, 0.3) is 0 Å². The summed E-state index contributed by atoms with van der Waals surface area (Å²) in [5.41, 5.74) is 4.15. The quantitative estimate of drug-likeness (QED) is 0.521. The lowest BCUT2D eigenvalue weighted by Crippen LogP contribution is -2.31. The number of aromatic nitrogens is 2. The summed E-state index contributed by atoms with van der Waals surface area (Å²) in [4.78, 5) is 28.6. The molecule has 1 heterocycles. The summed E-state index contributed by atoms with van der Waals surface area (Å²) < 4.78 is 15.6. The first-order chi connectivity index (χ1) is 16.0. The van der Waals surface area contributed by atoms with Crippen LogP contribution in [0.1, 0.15) is 64.6 Å². The number of nitrogens with zero attached hydrogens (tertiary/aromatic N) is 2. The molecule has 0 spiro atoms. The molecule has 0 bridgehead atoms. The zero-order chi connectivity index (χ0) is 23.2. The van der Waals surface area contributed by atoms with Crippen LogP contribution >= 0.6 is 0 Å². The Morgan fingerprint density at radius 1 is 1.09 bits per heavy atom. The van der Waals surface area contributed by atoms with Gasteiger partial charge in [0.25, 0.3) is 5.91 Å². The average molecular weight is 450 g/mol. The largest absolute Gasteiger partial charge is 0.485 e. The second kappa shape index (κ2) is 10.3. The van der Waals surface area contributed by atoms with Gasteiger partial charge in [-0.1, -0.05) is 23.4 Å². The summed E-state index contributed by atoms with van der Waals surface area (Å²) in [5, 5.41) is 6.65. The van der Waals surface area contributed by atoms with Gasteiger partial charge in [-0.05, 0) is 73.6 Å². The molecule has 1 aromatic heterocycles. The Hall–Kier alpha value is -3.68. The second-order valence-electron chi connectivity index (χ2n) is 8.14. The zero-order valence-electron chi connectivity index (χ0n) is 18.8. The highest BCUT2D eigenvalue weighted by Crippen LogP contribution is 2.24. The van der Waals surface area contributed by atoms with Gasteiger partial charge in [0.1, 0.15) is 5.75 Å². The number of carbonyl (C=O) groups excluding carboxylic acids is 2. The number of rotatable bonds is 8. The van der Waals surface area contributed by atoms with Crippen molar-refractivity contribution in [3.05, 3.63) is 76.4 Å². The van der Waals surface area contributed by atoms with Gasteiger partial charge in [0, 0.05) is 6.92 Å². The number of amides is 1. The van der Waals surface area contributed by atoms with Crippen LogP contribution < -0.4 is 10.1 Å². The lowest BCUT2D eigenvalue weighted by Gasteiger charge is -2.20. The van der Waals surface area contributed by atoms with Crippen LogP contribution in [0.4, 0.5) is 0 Å². The topological polar surface area (TPSA) is 104 Å². The summed E-state index contributed by atoms with van der Waals surface area (Å²) in [6.07, 6.45) is 4.65. The van der Waals surface area contributed by atoms with Crippen molar-refractivity contribution in [1.82, 2.24) is 15.5 Å². The molecule has 0 saturated carbocycles. The number of aryl methyl sites for hydroxylation is 3. The lowest BCUT2D eigenvalue weighted by atomic mass is 9.89. The van der Waals surface area contributed by atoms with Gasteiger partial charge in [-0.3, -0.25) is 4.79 Å². The standard InChI is InChI=1S/C25H27N3O5/c1-16(20-8-7-18-5-3-4-6-21(18)13-20)26-24(29)15-32-25(30)19-9-11-22(12-10-19)31-14-23-27-17(2)33-28-23/h7-13,16H,3-6,14-15H2,1-2H3,(H,26,29). The highest BCUT2D eigenvalue weighted by atomic mass is 16.5. The SMILES string of the molecule is Cc1nc(COc2ccc(C(=O)OCC(=O)NC(C)c3ccc4c(c3)CCCC4)cc2)no1. The van der Waals surface area contributed by atoms with Crippen molar-refractivity contribution < 1.29 is 23.6 Å². The highest BCUT2D eigenvalue weighted by Gasteiger charge is 2.16. The fraction of sp³-hybridized carbons (Fsp3) is 0.360. The molecule has 8 nitrogen and oxygen atoms in total. The smallest absolute Gasteiger partial charge is 0.338 e. The first kappa shape index (κ1) is 22.5. The minimum Gasteiger partial charge on any atom is -0.485 e. The van der Waals surface area contributed by atoms with Crippen molar-refractivity contribution in [3.8, 4) is 5.75 Å². The summed E-state index contributed by atoms with van der Waals surface area (Å²) in [5.74, 6) is 0.529. The number of nitrogens with one attached hydrogen (secondary N) is 1. The first-order valence-electron chi connectivity index (χ1n) is 11.1. The van der Waals surface area contributed by atoms with Crippen LogP contribution in [0.2, 0.25) is 0 Å². The molecule has 33 heavy (non-hydrogen) atoms. The van der Waals surface area contributed by atoms with Crippen molar-refractivity contribution in [1.29, 1.82) is 0 Å². The monoisotopic (exact) mass is 449 g/mol. The van der Waals surface area contributed by atoms with Crippen LogP contribution in [0.3, 0.4) is 0 Å². The van der Waals surface area contributed by atoms with Crippen LogP contribution in [0.15, 0.2) is 47.0 Å².